The van der Waals surface area contributed by atoms with Gasteiger partial charge in [0.15, 0.2) is 0 Å². The number of hydrogen-bond donors (Lipinski definition) is 1. The van der Waals surface area contributed by atoms with Crippen molar-refractivity contribution in [2.24, 2.45) is 0 Å². The Morgan fingerprint density at radius 1 is 1.35 bits per heavy atom. The Bertz CT molecular complexity index is 492. The predicted molar refractivity (Wildman–Crippen MR) is 78.7 cm³/mol. The van der Waals surface area contributed by atoms with Gasteiger partial charge in [0.25, 0.3) is 0 Å². The van der Waals surface area contributed by atoms with Crippen LogP contribution in [0.5, 0.6) is 0 Å². The lowest BCUT2D eigenvalue weighted by atomic mass is 10.0. The minimum absolute atomic E-state index is 0.397. The second-order valence-corrected chi connectivity index (χ2v) is 6.20. The van der Waals surface area contributed by atoms with E-state index in [0.29, 0.717) is 6.04 Å². The molecule has 0 aliphatic carbocycles. The number of likely N-dealkylation sites (N-methyl/N-ethyl adjacent to an activating group) is 1. The summed E-state index contributed by atoms with van der Waals surface area (Å²) in [5.41, 5.74) is 2.73. The molecule has 1 heterocycles. The molecular formula is C14H16BrNS. The number of nitrogens with one attached hydrogen (secondary N) is 1. The fraction of sp³-hybridized carbons (Fsp3) is 0.286. The average Bonchev–Trinajstić information content (AvgIpc) is 2.73. The van der Waals surface area contributed by atoms with Crippen molar-refractivity contribution in [1.29, 1.82) is 0 Å². The van der Waals surface area contributed by atoms with Crippen molar-refractivity contribution in [3.05, 3.63) is 56.2 Å². The molecule has 1 aromatic carbocycles. The molecule has 2 aromatic rings. The summed E-state index contributed by atoms with van der Waals surface area (Å²) in [5.74, 6) is 0. The number of hydrogen-bond acceptors (Lipinski definition) is 2. The van der Waals surface area contributed by atoms with Gasteiger partial charge in [0.2, 0.25) is 0 Å². The lowest BCUT2D eigenvalue weighted by molar-refractivity contribution is 0.593. The maximum Gasteiger partial charge on any atom is 0.0366 e. The summed E-state index contributed by atoms with van der Waals surface area (Å²) in [6.45, 7) is 2.15. The van der Waals surface area contributed by atoms with Crippen LogP contribution in [0.4, 0.5) is 0 Å². The Hall–Kier alpha value is -0.640. The summed E-state index contributed by atoms with van der Waals surface area (Å²) < 4.78 is 1.14. The van der Waals surface area contributed by atoms with Crippen molar-refractivity contribution in [3.63, 3.8) is 0 Å². The molecule has 1 atom stereocenters. The lowest BCUT2D eigenvalue weighted by Crippen LogP contribution is -2.18. The molecule has 1 unspecified atom stereocenters. The third-order valence-corrected chi connectivity index (χ3v) is 4.20. The zero-order valence-electron chi connectivity index (χ0n) is 10.0. The van der Waals surface area contributed by atoms with Gasteiger partial charge in [-0.25, -0.2) is 0 Å². The Labute approximate surface area is 115 Å². The van der Waals surface area contributed by atoms with E-state index in [9.17, 15) is 0 Å². The van der Waals surface area contributed by atoms with Crippen molar-refractivity contribution >= 4 is 27.3 Å². The smallest absolute Gasteiger partial charge is 0.0366 e. The van der Waals surface area contributed by atoms with Gasteiger partial charge in [-0.3, -0.25) is 0 Å². The van der Waals surface area contributed by atoms with Crippen molar-refractivity contribution < 1.29 is 0 Å². The highest BCUT2D eigenvalue weighted by Gasteiger charge is 2.11. The zero-order chi connectivity index (χ0) is 12.3. The number of benzene rings is 1. The van der Waals surface area contributed by atoms with Crippen LogP contribution in [-0.4, -0.2) is 7.05 Å². The first-order chi connectivity index (χ1) is 8.19. The molecule has 1 aromatic heterocycles. The maximum absolute atomic E-state index is 3.52. The molecule has 0 aliphatic rings. The van der Waals surface area contributed by atoms with E-state index in [1.165, 1.54) is 16.0 Å². The standard InChI is InChI=1S/C14H16BrNS/c1-10-6-12(9-17-10)14(16-2)8-11-4-3-5-13(15)7-11/h3-7,9,14,16H,8H2,1-2H3. The highest BCUT2D eigenvalue weighted by atomic mass is 79.9. The Kier molecular flexibility index (Phi) is 4.37. The minimum atomic E-state index is 0.397. The van der Waals surface area contributed by atoms with Gasteiger partial charge in [0, 0.05) is 15.4 Å². The molecule has 3 heteroatoms. The number of halogens is 1. The van der Waals surface area contributed by atoms with Gasteiger partial charge in [-0.1, -0.05) is 28.1 Å². The predicted octanol–water partition coefficient (Wildman–Crippen LogP) is 4.32. The highest BCUT2D eigenvalue weighted by Crippen LogP contribution is 2.24. The van der Waals surface area contributed by atoms with Crippen LogP contribution < -0.4 is 5.32 Å². The Balaban J connectivity index is 2.15. The molecule has 1 nitrogen and oxygen atoms in total. The molecule has 0 saturated carbocycles. The molecule has 90 valence electrons. The average molecular weight is 310 g/mol. The van der Waals surface area contributed by atoms with Crippen LogP contribution >= 0.6 is 27.3 Å². The topological polar surface area (TPSA) is 12.0 Å². The lowest BCUT2D eigenvalue weighted by Gasteiger charge is -2.15. The van der Waals surface area contributed by atoms with E-state index in [1.54, 1.807) is 0 Å². The van der Waals surface area contributed by atoms with Gasteiger partial charge in [-0.15, -0.1) is 11.3 Å². The van der Waals surface area contributed by atoms with Crippen LogP contribution in [0.2, 0.25) is 0 Å². The fourth-order valence-corrected chi connectivity index (χ4v) is 3.14. The van der Waals surface area contributed by atoms with Crippen molar-refractivity contribution in [2.45, 2.75) is 19.4 Å². The summed E-state index contributed by atoms with van der Waals surface area (Å²) in [5, 5.41) is 5.64. The largest absolute Gasteiger partial charge is 0.313 e. The van der Waals surface area contributed by atoms with Crippen LogP contribution in [0.1, 0.15) is 22.0 Å². The third-order valence-electron chi connectivity index (χ3n) is 2.83. The van der Waals surface area contributed by atoms with Gasteiger partial charge < -0.3 is 5.32 Å². The summed E-state index contributed by atoms with van der Waals surface area (Å²) in [7, 11) is 2.02. The van der Waals surface area contributed by atoms with Crippen molar-refractivity contribution in [3.8, 4) is 0 Å². The molecule has 1 N–H and O–H groups in total. The monoisotopic (exact) mass is 309 g/mol. The quantitative estimate of drug-likeness (QED) is 0.886. The van der Waals surface area contributed by atoms with Gasteiger partial charge in [-0.2, -0.15) is 0 Å². The van der Waals surface area contributed by atoms with Crippen LogP contribution in [0.15, 0.2) is 40.2 Å². The molecule has 0 bridgehead atoms. The van der Waals surface area contributed by atoms with Crippen LogP contribution in [-0.2, 0) is 6.42 Å². The molecule has 17 heavy (non-hydrogen) atoms. The first-order valence-electron chi connectivity index (χ1n) is 5.66. The highest BCUT2D eigenvalue weighted by molar-refractivity contribution is 9.10. The van der Waals surface area contributed by atoms with Gasteiger partial charge in [0.05, 0.1) is 0 Å². The maximum atomic E-state index is 3.52. The SMILES string of the molecule is CNC(Cc1cccc(Br)c1)c1csc(C)c1. The molecule has 0 saturated heterocycles. The summed E-state index contributed by atoms with van der Waals surface area (Å²) in [6, 6.07) is 11.2. The first-order valence-corrected chi connectivity index (χ1v) is 7.33. The van der Waals surface area contributed by atoms with E-state index in [2.05, 4.69) is 63.9 Å². The van der Waals surface area contributed by atoms with E-state index in [-0.39, 0.29) is 0 Å². The third kappa shape index (κ3) is 3.41. The Morgan fingerprint density at radius 2 is 2.18 bits per heavy atom. The van der Waals surface area contributed by atoms with Gasteiger partial charge in [-0.05, 0) is 55.1 Å². The second-order valence-electron chi connectivity index (χ2n) is 4.17. The summed E-state index contributed by atoms with van der Waals surface area (Å²) >= 11 is 5.33. The zero-order valence-corrected chi connectivity index (χ0v) is 12.4. The Morgan fingerprint density at radius 3 is 2.76 bits per heavy atom. The number of rotatable bonds is 4. The molecule has 0 aliphatic heterocycles. The van der Waals surface area contributed by atoms with E-state index in [4.69, 9.17) is 0 Å². The molecule has 0 fully saturated rings. The summed E-state index contributed by atoms with van der Waals surface area (Å²) in [4.78, 5) is 1.37. The second kappa shape index (κ2) is 5.80. The number of thiophene rings is 1. The van der Waals surface area contributed by atoms with E-state index in [1.807, 2.05) is 18.4 Å². The van der Waals surface area contributed by atoms with Crippen LogP contribution in [0.25, 0.3) is 0 Å². The molecule has 0 spiro atoms. The van der Waals surface area contributed by atoms with E-state index >= 15 is 0 Å². The van der Waals surface area contributed by atoms with E-state index < -0.39 is 0 Å². The minimum Gasteiger partial charge on any atom is -0.313 e. The molecule has 0 amide bonds. The van der Waals surface area contributed by atoms with Gasteiger partial charge >= 0.3 is 0 Å². The van der Waals surface area contributed by atoms with E-state index in [0.717, 1.165) is 10.9 Å². The van der Waals surface area contributed by atoms with Crippen molar-refractivity contribution in [1.82, 2.24) is 5.32 Å². The first kappa shape index (κ1) is 12.8. The molecular weight excluding hydrogens is 294 g/mol. The number of aryl methyl sites for hydroxylation is 1. The fourth-order valence-electron chi connectivity index (χ4n) is 1.93. The summed E-state index contributed by atoms with van der Waals surface area (Å²) in [6.07, 6.45) is 1.02. The van der Waals surface area contributed by atoms with Crippen LogP contribution in [0.3, 0.4) is 0 Å². The molecule has 0 radical (unpaired) electrons. The van der Waals surface area contributed by atoms with Crippen molar-refractivity contribution in [2.75, 3.05) is 7.05 Å². The van der Waals surface area contributed by atoms with Crippen LogP contribution in [0, 0.1) is 6.92 Å². The molecule has 2 rings (SSSR count). The van der Waals surface area contributed by atoms with Gasteiger partial charge in [0.1, 0.15) is 0 Å². The normalized spacial score (nSPS) is 12.6.